The van der Waals surface area contributed by atoms with Crippen LogP contribution in [0.25, 0.3) is 0 Å². The molecule has 0 amide bonds. The summed E-state index contributed by atoms with van der Waals surface area (Å²) in [7, 11) is 2.06. The lowest BCUT2D eigenvalue weighted by Crippen LogP contribution is -2.25. The number of rotatable bonds is 5. The van der Waals surface area contributed by atoms with Gasteiger partial charge in [-0.3, -0.25) is 0 Å². The molecule has 0 aromatic heterocycles. The van der Waals surface area contributed by atoms with E-state index in [1.165, 1.54) is 24.0 Å². The standard InChI is InChI=1S/C14H22BrN/c1-5-11(6-2)14(16-4)13-8-7-12(15)9-10(13)3/h7-9,11,14,16H,5-6H2,1-4H3. The smallest absolute Gasteiger partial charge is 0.0348 e. The number of benzene rings is 1. The van der Waals surface area contributed by atoms with E-state index in [0.717, 1.165) is 4.47 Å². The first kappa shape index (κ1) is 13.7. The Morgan fingerprint density at radius 1 is 1.25 bits per heavy atom. The molecule has 0 aliphatic heterocycles. The van der Waals surface area contributed by atoms with Gasteiger partial charge in [-0.1, -0.05) is 48.7 Å². The molecule has 0 heterocycles. The highest BCUT2D eigenvalue weighted by Gasteiger charge is 2.19. The van der Waals surface area contributed by atoms with Crippen molar-refractivity contribution < 1.29 is 0 Å². The average molecular weight is 284 g/mol. The van der Waals surface area contributed by atoms with Crippen LogP contribution in [0.1, 0.15) is 43.9 Å². The minimum absolute atomic E-state index is 0.475. The molecule has 1 nitrogen and oxygen atoms in total. The quantitative estimate of drug-likeness (QED) is 0.842. The van der Waals surface area contributed by atoms with Crippen molar-refractivity contribution >= 4 is 15.9 Å². The number of aryl methyl sites for hydroxylation is 1. The summed E-state index contributed by atoms with van der Waals surface area (Å²) in [6.07, 6.45) is 2.44. The molecule has 0 radical (unpaired) electrons. The molecule has 1 aromatic rings. The molecule has 0 fully saturated rings. The third-order valence-electron chi connectivity index (χ3n) is 3.40. The third-order valence-corrected chi connectivity index (χ3v) is 3.89. The van der Waals surface area contributed by atoms with Crippen LogP contribution in [-0.4, -0.2) is 7.05 Å². The molecule has 16 heavy (non-hydrogen) atoms. The molecule has 1 aromatic carbocycles. The van der Waals surface area contributed by atoms with Crippen LogP contribution in [0, 0.1) is 12.8 Å². The van der Waals surface area contributed by atoms with Crippen molar-refractivity contribution in [3.63, 3.8) is 0 Å². The van der Waals surface area contributed by atoms with Gasteiger partial charge in [-0.25, -0.2) is 0 Å². The Hall–Kier alpha value is -0.340. The maximum Gasteiger partial charge on any atom is 0.0348 e. The number of halogens is 1. The second-order valence-electron chi connectivity index (χ2n) is 4.34. The monoisotopic (exact) mass is 283 g/mol. The molecule has 0 spiro atoms. The van der Waals surface area contributed by atoms with Crippen LogP contribution in [0.15, 0.2) is 22.7 Å². The Labute approximate surface area is 108 Å². The summed E-state index contributed by atoms with van der Waals surface area (Å²) in [5.41, 5.74) is 2.79. The van der Waals surface area contributed by atoms with Gasteiger partial charge in [-0.2, -0.15) is 0 Å². The summed E-state index contributed by atoms with van der Waals surface area (Å²) in [5, 5.41) is 3.47. The van der Waals surface area contributed by atoms with Crippen molar-refractivity contribution in [3.05, 3.63) is 33.8 Å². The van der Waals surface area contributed by atoms with Crippen LogP contribution in [0.3, 0.4) is 0 Å². The minimum atomic E-state index is 0.475. The fraction of sp³-hybridized carbons (Fsp3) is 0.571. The van der Waals surface area contributed by atoms with Gasteiger partial charge in [0.1, 0.15) is 0 Å². The van der Waals surface area contributed by atoms with Crippen LogP contribution < -0.4 is 5.32 Å². The van der Waals surface area contributed by atoms with Gasteiger partial charge in [0.25, 0.3) is 0 Å². The molecule has 0 bridgehead atoms. The van der Waals surface area contributed by atoms with Crippen molar-refractivity contribution in [2.75, 3.05) is 7.05 Å². The molecular formula is C14H22BrN. The van der Waals surface area contributed by atoms with Gasteiger partial charge in [0, 0.05) is 10.5 Å². The fourth-order valence-corrected chi connectivity index (χ4v) is 2.87. The number of nitrogens with one attached hydrogen (secondary N) is 1. The topological polar surface area (TPSA) is 12.0 Å². The summed E-state index contributed by atoms with van der Waals surface area (Å²) < 4.78 is 1.16. The summed E-state index contributed by atoms with van der Waals surface area (Å²) >= 11 is 3.52. The number of hydrogen-bond donors (Lipinski definition) is 1. The van der Waals surface area contributed by atoms with E-state index in [1.807, 2.05) is 0 Å². The van der Waals surface area contributed by atoms with E-state index < -0.39 is 0 Å². The molecule has 0 aliphatic rings. The summed E-state index contributed by atoms with van der Waals surface area (Å²) in [4.78, 5) is 0. The lowest BCUT2D eigenvalue weighted by atomic mass is 9.87. The maximum absolute atomic E-state index is 3.52. The van der Waals surface area contributed by atoms with Crippen LogP contribution >= 0.6 is 15.9 Å². The Kier molecular flexibility index (Phi) is 5.50. The first-order chi connectivity index (χ1) is 7.63. The molecule has 0 saturated carbocycles. The predicted octanol–water partition coefficient (Wildman–Crippen LogP) is 4.45. The zero-order valence-electron chi connectivity index (χ0n) is 10.7. The van der Waals surface area contributed by atoms with E-state index in [4.69, 9.17) is 0 Å². The molecule has 1 atom stereocenters. The Balaban J connectivity index is 3.03. The zero-order chi connectivity index (χ0) is 12.1. The lowest BCUT2D eigenvalue weighted by molar-refractivity contribution is 0.358. The highest BCUT2D eigenvalue weighted by molar-refractivity contribution is 9.10. The Morgan fingerprint density at radius 2 is 1.88 bits per heavy atom. The Bertz CT molecular complexity index is 332. The van der Waals surface area contributed by atoms with Gasteiger partial charge >= 0.3 is 0 Å². The zero-order valence-corrected chi connectivity index (χ0v) is 12.3. The largest absolute Gasteiger partial charge is 0.313 e. The van der Waals surface area contributed by atoms with Gasteiger partial charge in [0.15, 0.2) is 0 Å². The summed E-state index contributed by atoms with van der Waals surface area (Å²) in [6.45, 7) is 6.73. The highest BCUT2D eigenvalue weighted by Crippen LogP contribution is 2.30. The number of hydrogen-bond acceptors (Lipinski definition) is 1. The van der Waals surface area contributed by atoms with Crippen molar-refractivity contribution in [2.24, 2.45) is 5.92 Å². The maximum atomic E-state index is 3.52. The lowest BCUT2D eigenvalue weighted by Gasteiger charge is -2.26. The normalized spacial score (nSPS) is 13.1. The first-order valence-corrected chi connectivity index (χ1v) is 6.86. The second-order valence-corrected chi connectivity index (χ2v) is 5.26. The molecule has 0 aliphatic carbocycles. The van der Waals surface area contributed by atoms with Crippen LogP contribution in [-0.2, 0) is 0 Å². The van der Waals surface area contributed by atoms with Gasteiger partial charge < -0.3 is 5.32 Å². The molecule has 1 N–H and O–H groups in total. The molecule has 2 heteroatoms. The molecular weight excluding hydrogens is 262 g/mol. The highest BCUT2D eigenvalue weighted by atomic mass is 79.9. The van der Waals surface area contributed by atoms with Crippen LogP contribution in [0.5, 0.6) is 0 Å². The van der Waals surface area contributed by atoms with E-state index in [0.29, 0.717) is 12.0 Å². The van der Waals surface area contributed by atoms with Gasteiger partial charge in [-0.15, -0.1) is 0 Å². The third kappa shape index (κ3) is 3.08. The molecule has 90 valence electrons. The van der Waals surface area contributed by atoms with Crippen LogP contribution in [0.4, 0.5) is 0 Å². The molecule has 1 unspecified atom stereocenters. The minimum Gasteiger partial charge on any atom is -0.313 e. The first-order valence-electron chi connectivity index (χ1n) is 6.07. The molecule has 1 rings (SSSR count). The predicted molar refractivity (Wildman–Crippen MR) is 74.8 cm³/mol. The summed E-state index contributed by atoms with van der Waals surface area (Å²) in [5.74, 6) is 0.713. The van der Waals surface area contributed by atoms with E-state index in [-0.39, 0.29) is 0 Å². The van der Waals surface area contributed by atoms with Crippen molar-refractivity contribution in [2.45, 2.75) is 39.7 Å². The van der Waals surface area contributed by atoms with E-state index >= 15 is 0 Å². The van der Waals surface area contributed by atoms with Gasteiger partial charge in [0.05, 0.1) is 0 Å². The SMILES string of the molecule is CCC(CC)C(NC)c1ccc(Br)cc1C. The summed E-state index contributed by atoms with van der Waals surface area (Å²) in [6, 6.07) is 7.04. The van der Waals surface area contributed by atoms with Gasteiger partial charge in [-0.05, 0) is 43.1 Å². The van der Waals surface area contributed by atoms with Gasteiger partial charge in [0.2, 0.25) is 0 Å². The fourth-order valence-electron chi connectivity index (χ4n) is 2.39. The van der Waals surface area contributed by atoms with E-state index in [2.05, 4.69) is 67.3 Å². The van der Waals surface area contributed by atoms with E-state index in [1.54, 1.807) is 0 Å². The molecule has 0 saturated heterocycles. The van der Waals surface area contributed by atoms with Crippen LogP contribution in [0.2, 0.25) is 0 Å². The van der Waals surface area contributed by atoms with E-state index in [9.17, 15) is 0 Å². The Morgan fingerprint density at radius 3 is 2.31 bits per heavy atom. The van der Waals surface area contributed by atoms with Crippen molar-refractivity contribution in [3.8, 4) is 0 Å². The average Bonchev–Trinajstić information content (AvgIpc) is 2.27. The van der Waals surface area contributed by atoms with Crippen molar-refractivity contribution in [1.82, 2.24) is 5.32 Å². The second kappa shape index (κ2) is 6.41. The van der Waals surface area contributed by atoms with Crippen molar-refractivity contribution in [1.29, 1.82) is 0 Å².